The largest absolute Gasteiger partial charge is 0.294 e. The smallest absolute Gasteiger partial charge is 0.168 e. The third-order valence-electron chi connectivity index (χ3n) is 2.20. The second-order valence-electron chi connectivity index (χ2n) is 3.35. The standard InChI is InChI=1S/C12H8Cl2OS/c13-10-1-2-11(14)9(5-10)6-12(15)8-3-4-16-7-8/h1-5,7H,6H2. The molecule has 0 atom stereocenters. The average Bonchev–Trinajstić information content (AvgIpc) is 2.76. The molecular formula is C12H8Cl2OS. The van der Waals surface area contributed by atoms with E-state index in [1.54, 1.807) is 18.2 Å². The highest BCUT2D eigenvalue weighted by molar-refractivity contribution is 7.08. The summed E-state index contributed by atoms with van der Waals surface area (Å²) in [7, 11) is 0. The fourth-order valence-electron chi connectivity index (χ4n) is 1.38. The maximum absolute atomic E-state index is 11.8. The number of hydrogen-bond acceptors (Lipinski definition) is 2. The van der Waals surface area contributed by atoms with Gasteiger partial charge in [0, 0.05) is 27.4 Å². The lowest BCUT2D eigenvalue weighted by Crippen LogP contribution is -2.02. The Morgan fingerprint density at radius 1 is 1.25 bits per heavy atom. The van der Waals surface area contributed by atoms with Crippen molar-refractivity contribution >= 4 is 40.3 Å². The Kier molecular flexibility index (Phi) is 3.64. The van der Waals surface area contributed by atoms with Crippen LogP contribution in [-0.2, 0) is 6.42 Å². The molecule has 0 saturated heterocycles. The molecule has 0 spiro atoms. The number of halogens is 2. The molecule has 0 bridgehead atoms. The molecule has 82 valence electrons. The van der Waals surface area contributed by atoms with E-state index in [0.29, 0.717) is 10.0 Å². The lowest BCUT2D eigenvalue weighted by molar-refractivity contribution is 0.0993. The van der Waals surface area contributed by atoms with Crippen LogP contribution in [0.15, 0.2) is 35.0 Å². The Morgan fingerprint density at radius 3 is 2.75 bits per heavy atom. The topological polar surface area (TPSA) is 17.1 Å². The van der Waals surface area contributed by atoms with Crippen molar-refractivity contribution < 1.29 is 4.79 Å². The first kappa shape index (κ1) is 11.6. The summed E-state index contributed by atoms with van der Waals surface area (Å²) in [6.45, 7) is 0. The van der Waals surface area contributed by atoms with Crippen LogP contribution in [0.4, 0.5) is 0 Å². The predicted molar refractivity (Wildman–Crippen MR) is 68.8 cm³/mol. The number of carbonyl (C=O) groups is 1. The zero-order chi connectivity index (χ0) is 11.5. The molecule has 1 aromatic heterocycles. The van der Waals surface area contributed by atoms with Gasteiger partial charge in [0.2, 0.25) is 0 Å². The van der Waals surface area contributed by atoms with Crippen molar-refractivity contribution in [2.75, 3.05) is 0 Å². The molecular weight excluding hydrogens is 263 g/mol. The first-order chi connectivity index (χ1) is 7.66. The first-order valence-corrected chi connectivity index (χ1v) is 6.36. The van der Waals surface area contributed by atoms with E-state index in [1.807, 2.05) is 16.8 Å². The lowest BCUT2D eigenvalue weighted by atomic mass is 10.1. The van der Waals surface area contributed by atoms with Crippen molar-refractivity contribution in [2.24, 2.45) is 0 Å². The molecule has 16 heavy (non-hydrogen) atoms. The van der Waals surface area contributed by atoms with Crippen LogP contribution in [0, 0.1) is 0 Å². The summed E-state index contributed by atoms with van der Waals surface area (Å²) in [5.74, 6) is 0.0606. The van der Waals surface area contributed by atoms with Gasteiger partial charge in [-0.25, -0.2) is 0 Å². The van der Waals surface area contributed by atoms with Gasteiger partial charge in [-0.15, -0.1) is 0 Å². The number of ketones is 1. The summed E-state index contributed by atoms with van der Waals surface area (Å²) in [6, 6.07) is 6.96. The van der Waals surface area contributed by atoms with E-state index in [2.05, 4.69) is 0 Å². The molecule has 0 radical (unpaired) electrons. The minimum atomic E-state index is 0.0606. The minimum Gasteiger partial charge on any atom is -0.294 e. The maximum atomic E-state index is 11.8. The van der Waals surface area contributed by atoms with Crippen molar-refractivity contribution in [3.8, 4) is 0 Å². The molecule has 0 aliphatic carbocycles. The zero-order valence-electron chi connectivity index (χ0n) is 8.24. The Morgan fingerprint density at radius 2 is 2.06 bits per heavy atom. The van der Waals surface area contributed by atoms with Gasteiger partial charge in [0.1, 0.15) is 0 Å². The van der Waals surface area contributed by atoms with Crippen LogP contribution >= 0.6 is 34.5 Å². The molecule has 0 fully saturated rings. The molecule has 0 unspecified atom stereocenters. The van der Waals surface area contributed by atoms with Crippen LogP contribution in [0.3, 0.4) is 0 Å². The fourth-order valence-corrected chi connectivity index (χ4v) is 2.42. The van der Waals surface area contributed by atoms with Gasteiger partial charge in [-0.3, -0.25) is 4.79 Å². The van der Waals surface area contributed by atoms with Gasteiger partial charge in [0.05, 0.1) is 0 Å². The van der Waals surface area contributed by atoms with Crippen LogP contribution in [0.25, 0.3) is 0 Å². The van der Waals surface area contributed by atoms with Crippen LogP contribution in [0.1, 0.15) is 15.9 Å². The normalized spacial score (nSPS) is 10.4. The number of Topliss-reactive ketones (excluding diaryl/α,β-unsaturated/α-hetero) is 1. The fraction of sp³-hybridized carbons (Fsp3) is 0.0833. The summed E-state index contributed by atoms with van der Waals surface area (Å²) in [5.41, 5.74) is 1.49. The third-order valence-corrected chi connectivity index (χ3v) is 3.49. The van der Waals surface area contributed by atoms with Crippen molar-refractivity contribution in [1.29, 1.82) is 0 Å². The van der Waals surface area contributed by atoms with Crippen LogP contribution < -0.4 is 0 Å². The minimum absolute atomic E-state index is 0.0606. The molecule has 4 heteroatoms. The first-order valence-electron chi connectivity index (χ1n) is 4.66. The lowest BCUT2D eigenvalue weighted by Gasteiger charge is -2.03. The number of carbonyl (C=O) groups excluding carboxylic acids is 1. The number of thiophene rings is 1. The second kappa shape index (κ2) is 5.00. The van der Waals surface area contributed by atoms with Crippen molar-refractivity contribution in [3.63, 3.8) is 0 Å². The molecule has 2 aromatic rings. The SMILES string of the molecule is O=C(Cc1cc(Cl)ccc1Cl)c1ccsc1. The summed E-state index contributed by atoms with van der Waals surface area (Å²) in [6.07, 6.45) is 0.288. The van der Waals surface area contributed by atoms with Gasteiger partial charge < -0.3 is 0 Å². The third kappa shape index (κ3) is 2.64. The predicted octanol–water partition coefficient (Wildman–Crippen LogP) is 4.48. The van der Waals surface area contributed by atoms with Gasteiger partial charge in [0.15, 0.2) is 5.78 Å². The molecule has 1 nitrogen and oxygen atoms in total. The zero-order valence-corrected chi connectivity index (χ0v) is 10.6. The van der Waals surface area contributed by atoms with Gasteiger partial charge in [-0.2, -0.15) is 11.3 Å². The molecule has 2 rings (SSSR count). The highest BCUT2D eigenvalue weighted by Crippen LogP contribution is 2.22. The molecule has 0 saturated carbocycles. The molecule has 0 amide bonds. The highest BCUT2D eigenvalue weighted by atomic mass is 35.5. The number of rotatable bonds is 3. The van der Waals surface area contributed by atoms with E-state index >= 15 is 0 Å². The number of hydrogen-bond donors (Lipinski definition) is 0. The Bertz CT molecular complexity index is 506. The molecule has 0 N–H and O–H groups in total. The van der Waals surface area contributed by atoms with Crippen LogP contribution in [0.5, 0.6) is 0 Å². The summed E-state index contributed by atoms with van der Waals surface area (Å²) >= 11 is 13.4. The van der Waals surface area contributed by atoms with Gasteiger partial charge in [-0.05, 0) is 35.2 Å². The monoisotopic (exact) mass is 270 g/mol. The van der Waals surface area contributed by atoms with Gasteiger partial charge in [0.25, 0.3) is 0 Å². The van der Waals surface area contributed by atoms with Crippen molar-refractivity contribution in [3.05, 3.63) is 56.2 Å². The molecule has 1 heterocycles. The van der Waals surface area contributed by atoms with E-state index < -0.39 is 0 Å². The van der Waals surface area contributed by atoms with E-state index in [0.717, 1.165) is 11.1 Å². The number of benzene rings is 1. The summed E-state index contributed by atoms with van der Waals surface area (Å²) < 4.78 is 0. The summed E-state index contributed by atoms with van der Waals surface area (Å²) in [5, 5.41) is 4.89. The quantitative estimate of drug-likeness (QED) is 0.752. The Hall–Kier alpha value is -0.830. The second-order valence-corrected chi connectivity index (χ2v) is 4.97. The molecule has 0 aliphatic rings. The Balaban J connectivity index is 2.21. The molecule has 1 aromatic carbocycles. The van der Waals surface area contributed by atoms with E-state index in [4.69, 9.17) is 23.2 Å². The van der Waals surface area contributed by atoms with E-state index in [-0.39, 0.29) is 12.2 Å². The van der Waals surface area contributed by atoms with E-state index in [9.17, 15) is 4.79 Å². The average molecular weight is 271 g/mol. The van der Waals surface area contributed by atoms with Crippen LogP contribution in [-0.4, -0.2) is 5.78 Å². The maximum Gasteiger partial charge on any atom is 0.168 e. The molecule has 0 aliphatic heterocycles. The van der Waals surface area contributed by atoms with Crippen molar-refractivity contribution in [1.82, 2.24) is 0 Å². The van der Waals surface area contributed by atoms with Crippen molar-refractivity contribution in [2.45, 2.75) is 6.42 Å². The van der Waals surface area contributed by atoms with Gasteiger partial charge >= 0.3 is 0 Å². The van der Waals surface area contributed by atoms with Gasteiger partial charge in [-0.1, -0.05) is 23.2 Å². The van der Waals surface area contributed by atoms with E-state index in [1.165, 1.54) is 11.3 Å². The summed E-state index contributed by atoms with van der Waals surface area (Å²) in [4.78, 5) is 11.8. The Labute approximate surface area is 108 Å². The highest BCUT2D eigenvalue weighted by Gasteiger charge is 2.10. The van der Waals surface area contributed by atoms with Crippen LogP contribution in [0.2, 0.25) is 10.0 Å².